The maximum atomic E-state index is 12.6. The number of hydrogen-bond acceptors (Lipinski definition) is 5. The van der Waals surface area contributed by atoms with E-state index < -0.39 is 22.7 Å². The number of rotatable bonds is 4. The Bertz CT molecular complexity index is 412. The van der Waals surface area contributed by atoms with Crippen LogP contribution in [0.15, 0.2) is 6.07 Å². The number of ether oxygens (including phenoxy) is 1. The Balaban J connectivity index is 3.47. The van der Waals surface area contributed by atoms with Crippen molar-refractivity contribution in [1.82, 2.24) is 4.98 Å². The fraction of sp³-hybridized carbons (Fsp3) is 0.375. The summed E-state index contributed by atoms with van der Waals surface area (Å²) in [5.74, 6) is -0.268. The molecule has 1 heterocycles. The van der Waals surface area contributed by atoms with Gasteiger partial charge < -0.3 is 10.5 Å². The minimum atomic E-state index is -3.05. The fourth-order valence-corrected chi connectivity index (χ4v) is 1.18. The first-order valence-electron chi connectivity index (χ1n) is 4.21. The quantitative estimate of drug-likeness (QED) is 0.626. The zero-order chi connectivity index (χ0) is 12.3. The molecule has 0 atom stereocenters. The summed E-state index contributed by atoms with van der Waals surface area (Å²) in [6.45, 7) is -0.103. The lowest BCUT2D eigenvalue weighted by molar-refractivity contribution is -0.387. The molecule has 0 saturated carbocycles. The van der Waals surface area contributed by atoms with Crippen LogP contribution in [0.3, 0.4) is 0 Å². The van der Waals surface area contributed by atoms with Crippen molar-refractivity contribution < 1.29 is 18.4 Å². The highest BCUT2D eigenvalue weighted by molar-refractivity contribution is 5.51. The number of pyridine rings is 1. The number of alkyl halides is 2. The topological polar surface area (TPSA) is 91.3 Å². The number of halogens is 2. The predicted molar refractivity (Wildman–Crippen MR) is 50.3 cm³/mol. The predicted octanol–water partition coefficient (Wildman–Crippen LogP) is 1.39. The Morgan fingerprint density at radius 2 is 2.31 bits per heavy atom. The number of hydrogen-bond donors (Lipinski definition) is 1. The summed E-state index contributed by atoms with van der Waals surface area (Å²) in [5, 5.41) is 10.6. The highest BCUT2D eigenvalue weighted by Gasteiger charge is 2.29. The monoisotopic (exact) mass is 233 g/mol. The molecule has 0 bridgehead atoms. The molecule has 1 aromatic rings. The van der Waals surface area contributed by atoms with E-state index in [0.717, 1.165) is 7.11 Å². The standard InChI is InChI=1S/C8H9F2N3O3/c1-16-5-2-4(3-11)12-6(8(9)10)7(5)13(14)15/h2,8H,3,11H2,1H3. The van der Waals surface area contributed by atoms with Crippen molar-refractivity contribution in [3.63, 3.8) is 0 Å². The fourth-order valence-electron chi connectivity index (χ4n) is 1.18. The summed E-state index contributed by atoms with van der Waals surface area (Å²) >= 11 is 0. The summed E-state index contributed by atoms with van der Waals surface area (Å²) in [7, 11) is 1.15. The van der Waals surface area contributed by atoms with Gasteiger partial charge in [0.05, 0.1) is 17.7 Å². The Kier molecular flexibility index (Phi) is 3.67. The van der Waals surface area contributed by atoms with Crippen LogP contribution in [-0.4, -0.2) is 17.0 Å². The van der Waals surface area contributed by atoms with Crippen LogP contribution in [0.5, 0.6) is 5.75 Å². The molecule has 0 fully saturated rings. The van der Waals surface area contributed by atoms with E-state index in [-0.39, 0.29) is 18.0 Å². The molecule has 0 aliphatic rings. The first kappa shape index (κ1) is 12.2. The lowest BCUT2D eigenvalue weighted by atomic mass is 10.2. The third kappa shape index (κ3) is 2.22. The van der Waals surface area contributed by atoms with Crippen molar-refractivity contribution in [2.75, 3.05) is 7.11 Å². The van der Waals surface area contributed by atoms with Gasteiger partial charge in [-0.3, -0.25) is 10.1 Å². The second-order valence-electron chi connectivity index (χ2n) is 2.81. The molecular formula is C8H9F2N3O3. The second-order valence-corrected chi connectivity index (χ2v) is 2.81. The molecule has 1 rings (SSSR count). The van der Waals surface area contributed by atoms with Gasteiger partial charge in [-0.25, -0.2) is 13.8 Å². The third-order valence-corrected chi connectivity index (χ3v) is 1.86. The van der Waals surface area contributed by atoms with Crippen LogP contribution in [0.4, 0.5) is 14.5 Å². The SMILES string of the molecule is COc1cc(CN)nc(C(F)F)c1[N+](=O)[O-]. The van der Waals surface area contributed by atoms with Crippen LogP contribution >= 0.6 is 0 Å². The summed E-state index contributed by atoms with van der Waals surface area (Å²) in [5.41, 5.74) is 3.59. The molecule has 0 aliphatic carbocycles. The van der Waals surface area contributed by atoms with Crippen LogP contribution in [0, 0.1) is 10.1 Å². The smallest absolute Gasteiger partial charge is 0.338 e. The van der Waals surface area contributed by atoms with Gasteiger partial charge in [0.1, 0.15) is 0 Å². The van der Waals surface area contributed by atoms with E-state index in [4.69, 9.17) is 5.73 Å². The van der Waals surface area contributed by atoms with Crippen LogP contribution < -0.4 is 10.5 Å². The normalized spacial score (nSPS) is 10.6. The molecule has 88 valence electrons. The zero-order valence-electron chi connectivity index (χ0n) is 8.31. The summed E-state index contributed by atoms with van der Waals surface area (Å²) < 4.78 is 29.8. The van der Waals surface area contributed by atoms with Crippen molar-refractivity contribution in [1.29, 1.82) is 0 Å². The maximum Gasteiger partial charge on any atom is 0.338 e. The molecule has 2 N–H and O–H groups in total. The van der Waals surface area contributed by atoms with E-state index in [1.807, 2.05) is 0 Å². The van der Waals surface area contributed by atoms with E-state index in [1.165, 1.54) is 6.07 Å². The second kappa shape index (κ2) is 4.79. The van der Waals surface area contributed by atoms with Crippen LogP contribution in [-0.2, 0) is 6.54 Å². The molecule has 0 amide bonds. The van der Waals surface area contributed by atoms with Gasteiger partial charge in [-0.2, -0.15) is 0 Å². The molecule has 8 heteroatoms. The lowest BCUT2D eigenvalue weighted by Crippen LogP contribution is -2.07. The van der Waals surface area contributed by atoms with Gasteiger partial charge in [0.2, 0.25) is 5.75 Å². The average molecular weight is 233 g/mol. The maximum absolute atomic E-state index is 12.6. The van der Waals surface area contributed by atoms with E-state index in [0.29, 0.717) is 0 Å². The molecule has 16 heavy (non-hydrogen) atoms. The van der Waals surface area contributed by atoms with Crippen molar-refractivity contribution in [3.05, 3.63) is 27.6 Å². The molecule has 0 aromatic carbocycles. The Hall–Kier alpha value is -1.83. The van der Waals surface area contributed by atoms with Crippen molar-refractivity contribution in [3.8, 4) is 5.75 Å². The third-order valence-electron chi connectivity index (χ3n) is 1.86. The molecule has 0 radical (unpaired) electrons. The first-order valence-corrected chi connectivity index (χ1v) is 4.21. The summed E-state index contributed by atoms with van der Waals surface area (Å²) in [6.07, 6.45) is -3.05. The number of nitrogens with two attached hydrogens (primary N) is 1. The van der Waals surface area contributed by atoms with Crippen molar-refractivity contribution in [2.45, 2.75) is 13.0 Å². The summed E-state index contributed by atoms with van der Waals surface area (Å²) in [4.78, 5) is 13.1. The number of methoxy groups -OCH3 is 1. The van der Waals surface area contributed by atoms with Crippen LogP contribution in [0.25, 0.3) is 0 Å². The molecule has 6 nitrogen and oxygen atoms in total. The van der Waals surface area contributed by atoms with E-state index in [2.05, 4.69) is 9.72 Å². The van der Waals surface area contributed by atoms with Crippen molar-refractivity contribution in [2.24, 2.45) is 5.73 Å². The Labute approximate surface area is 89.2 Å². The highest BCUT2D eigenvalue weighted by atomic mass is 19.3. The molecule has 0 saturated heterocycles. The average Bonchev–Trinajstić information content (AvgIpc) is 2.26. The highest BCUT2D eigenvalue weighted by Crippen LogP contribution is 2.35. The van der Waals surface area contributed by atoms with Crippen molar-refractivity contribution >= 4 is 5.69 Å². The van der Waals surface area contributed by atoms with E-state index in [1.54, 1.807) is 0 Å². The number of nitro groups is 1. The molecule has 0 unspecified atom stereocenters. The number of nitrogens with zero attached hydrogens (tertiary/aromatic N) is 2. The number of aromatic nitrogens is 1. The minimum absolute atomic E-state index is 0.103. The minimum Gasteiger partial charge on any atom is -0.490 e. The van der Waals surface area contributed by atoms with E-state index in [9.17, 15) is 18.9 Å². The Morgan fingerprint density at radius 3 is 2.69 bits per heavy atom. The van der Waals surface area contributed by atoms with Gasteiger partial charge in [0.25, 0.3) is 6.43 Å². The van der Waals surface area contributed by atoms with E-state index >= 15 is 0 Å². The van der Waals surface area contributed by atoms with Crippen LogP contribution in [0.1, 0.15) is 17.8 Å². The van der Waals surface area contributed by atoms with Gasteiger partial charge in [-0.05, 0) is 0 Å². The van der Waals surface area contributed by atoms with Gasteiger partial charge in [-0.15, -0.1) is 0 Å². The van der Waals surface area contributed by atoms with Gasteiger partial charge in [0.15, 0.2) is 5.69 Å². The largest absolute Gasteiger partial charge is 0.490 e. The lowest BCUT2D eigenvalue weighted by Gasteiger charge is -2.07. The van der Waals surface area contributed by atoms with Gasteiger partial charge in [0, 0.05) is 12.6 Å². The zero-order valence-corrected chi connectivity index (χ0v) is 8.31. The van der Waals surface area contributed by atoms with Gasteiger partial charge in [-0.1, -0.05) is 0 Å². The Morgan fingerprint density at radius 1 is 1.69 bits per heavy atom. The molecular weight excluding hydrogens is 224 g/mol. The molecule has 0 aliphatic heterocycles. The molecule has 1 aromatic heterocycles. The van der Waals surface area contributed by atoms with Crippen LogP contribution in [0.2, 0.25) is 0 Å². The van der Waals surface area contributed by atoms with Gasteiger partial charge >= 0.3 is 5.69 Å². The molecule has 0 spiro atoms. The first-order chi connectivity index (χ1) is 7.51. The summed E-state index contributed by atoms with van der Waals surface area (Å²) in [6, 6.07) is 1.17.